The van der Waals surface area contributed by atoms with E-state index in [1.54, 1.807) is 37.3 Å². The maximum atomic E-state index is 12.5. The zero-order valence-corrected chi connectivity index (χ0v) is 15.7. The highest BCUT2D eigenvalue weighted by Gasteiger charge is 2.40. The molecule has 1 aliphatic rings. The minimum absolute atomic E-state index is 0.239. The average molecular weight is 386 g/mol. The van der Waals surface area contributed by atoms with Crippen molar-refractivity contribution < 1.29 is 19.1 Å². The highest BCUT2D eigenvalue weighted by Crippen LogP contribution is 2.27. The van der Waals surface area contributed by atoms with Crippen LogP contribution in [0.15, 0.2) is 71.8 Å². The molecule has 0 radical (unpaired) electrons. The molecule has 29 heavy (non-hydrogen) atoms. The van der Waals surface area contributed by atoms with Crippen LogP contribution in [0.2, 0.25) is 0 Å². The number of hydrogen-bond donors (Lipinski definition) is 1. The van der Waals surface area contributed by atoms with Crippen LogP contribution >= 0.6 is 0 Å². The second kappa shape index (κ2) is 7.67. The van der Waals surface area contributed by atoms with E-state index in [0.717, 1.165) is 10.8 Å². The number of amides is 1. The molecule has 0 aromatic heterocycles. The first kappa shape index (κ1) is 18.6. The Morgan fingerprint density at radius 1 is 0.931 bits per heavy atom. The number of rotatable bonds is 5. The van der Waals surface area contributed by atoms with Crippen LogP contribution in [0.5, 0.6) is 5.75 Å². The summed E-state index contributed by atoms with van der Waals surface area (Å²) in [7, 11) is 0. The highest BCUT2D eigenvalue weighted by molar-refractivity contribution is 6.36. The lowest BCUT2D eigenvalue weighted by molar-refractivity contribution is -0.123. The summed E-state index contributed by atoms with van der Waals surface area (Å²) in [6.45, 7) is 1.32. The summed E-state index contributed by atoms with van der Waals surface area (Å²) >= 11 is 0. The predicted octanol–water partition coefficient (Wildman–Crippen LogP) is 3.41. The second-order valence-corrected chi connectivity index (χ2v) is 6.76. The van der Waals surface area contributed by atoms with Crippen molar-refractivity contribution >= 4 is 34.0 Å². The van der Waals surface area contributed by atoms with E-state index in [0.29, 0.717) is 16.9 Å². The number of nitrogens with one attached hydrogen (secondary N) is 1. The van der Waals surface area contributed by atoms with Crippen molar-refractivity contribution in [1.29, 1.82) is 0 Å². The first-order valence-corrected chi connectivity index (χ1v) is 9.17. The molecule has 0 saturated heterocycles. The summed E-state index contributed by atoms with van der Waals surface area (Å²) in [5.41, 5.74) is 3.39. The Kier molecular flexibility index (Phi) is 4.91. The molecule has 3 aromatic rings. The van der Waals surface area contributed by atoms with Crippen LogP contribution in [-0.4, -0.2) is 29.8 Å². The lowest BCUT2D eigenvalue weighted by Gasteiger charge is -2.09. The van der Waals surface area contributed by atoms with E-state index in [1.807, 2.05) is 36.4 Å². The number of ether oxygens (including phenoxy) is 1. The molecule has 144 valence electrons. The highest BCUT2D eigenvalue weighted by atomic mass is 16.5. The fourth-order valence-corrected chi connectivity index (χ4v) is 3.43. The fourth-order valence-electron chi connectivity index (χ4n) is 3.43. The zero-order valence-electron chi connectivity index (χ0n) is 15.7. The average Bonchev–Trinajstić information content (AvgIpc) is 3.01. The molecule has 1 N–H and O–H groups in total. The van der Waals surface area contributed by atoms with Crippen molar-refractivity contribution in [3.05, 3.63) is 77.9 Å². The Hall–Kier alpha value is -3.80. The summed E-state index contributed by atoms with van der Waals surface area (Å²) < 4.78 is 5.62. The van der Waals surface area contributed by atoms with Crippen molar-refractivity contribution in [2.24, 2.45) is 11.0 Å². The summed E-state index contributed by atoms with van der Waals surface area (Å²) in [5, 5.41) is 5.88. The molecule has 0 bridgehead atoms. The van der Waals surface area contributed by atoms with Crippen LogP contribution in [-0.2, 0) is 4.79 Å². The molecule has 0 spiro atoms. The molecular weight excluding hydrogens is 368 g/mol. The topological polar surface area (TPSA) is 84.8 Å². The van der Waals surface area contributed by atoms with E-state index in [1.165, 1.54) is 0 Å². The van der Waals surface area contributed by atoms with E-state index in [-0.39, 0.29) is 23.9 Å². The molecule has 4 rings (SSSR count). The number of fused-ring (bicyclic) bond motifs is 2. The number of hydrogen-bond acceptors (Lipinski definition) is 5. The van der Waals surface area contributed by atoms with Crippen molar-refractivity contribution in [1.82, 2.24) is 5.43 Å². The smallest absolute Gasteiger partial charge is 0.277 e. The molecule has 0 atom stereocenters. The normalized spacial score (nSPS) is 14.2. The monoisotopic (exact) mass is 386 g/mol. The molecule has 3 aromatic carbocycles. The molecule has 0 fully saturated rings. The molecule has 6 heteroatoms. The van der Waals surface area contributed by atoms with Gasteiger partial charge in [0.15, 0.2) is 18.2 Å². The van der Waals surface area contributed by atoms with Crippen LogP contribution in [0.3, 0.4) is 0 Å². The Morgan fingerprint density at radius 2 is 1.55 bits per heavy atom. The maximum Gasteiger partial charge on any atom is 0.277 e. The number of benzene rings is 3. The van der Waals surface area contributed by atoms with Gasteiger partial charge >= 0.3 is 0 Å². The Labute approximate surface area is 167 Å². The van der Waals surface area contributed by atoms with Crippen LogP contribution in [0.25, 0.3) is 10.8 Å². The van der Waals surface area contributed by atoms with E-state index < -0.39 is 11.8 Å². The largest absolute Gasteiger partial charge is 0.483 e. The third-order valence-corrected chi connectivity index (χ3v) is 4.87. The Balaban J connectivity index is 1.41. The van der Waals surface area contributed by atoms with Crippen LogP contribution < -0.4 is 10.2 Å². The van der Waals surface area contributed by atoms with Gasteiger partial charge in [-0.05, 0) is 18.4 Å². The first-order valence-electron chi connectivity index (χ1n) is 9.17. The molecule has 0 heterocycles. The van der Waals surface area contributed by atoms with Crippen molar-refractivity contribution in [3.8, 4) is 5.75 Å². The second-order valence-electron chi connectivity index (χ2n) is 6.76. The number of ketones is 2. The van der Waals surface area contributed by atoms with Gasteiger partial charge in [-0.3, -0.25) is 14.4 Å². The molecule has 0 saturated carbocycles. The first-order chi connectivity index (χ1) is 14.1. The molecular formula is C23H18N2O4. The van der Waals surface area contributed by atoms with Gasteiger partial charge in [-0.15, -0.1) is 0 Å². The SMILES string of the molecule is C/C(=N/NC(=O)COc1cccc2ccccc12)C1C(=O)c2ccccc2C1=O. The molecule has 0 aliphatic heterocycles. The van der Waals surface area contributed by atoms with Crippen LogP contribution in [0.4, 0.5) is 0 Å². The number of Topliss-reactive ketones (excluding diaryl/α,β-unsaturated/α-hetero) is 2. The van der Waals surface area contributed by atoms with Gasteiger partial charge in [0.05, 0.1) is 5.71 Å². The quantitative estimate of drug-likeness (QED) is 0.414. The lowest BCUT2D eigenvalue weighted by Crippen LogP contribution is -2.29. The number of carbonyl (C=O) groups excluding carboxylic acids is 3. The van der Waals surface area contributed by atoms with Gasteiger partial charge < -0.3 is 4.74 Å². The number of hydrazone groups is 1. The van der Waals surface area contributed by atoms with E-state index in [9.17, 15) is 14.4 Å². The van der Waals surface area contributed by atoms with Gasteiger partial charge in [-0.1, -0.05) is 60.7 Å². The van der Waals surface area contributed by atoms with E-state index in [4.69, 9.17) is 4.74 Å². The summed E-state index contributed by atoms with van der Waals surface area (Å²) in [4.78, 5) is 37.1. The number of carbonyl (C=O) groups is 3. The van der Waals surface area contributed by atoms with Crippen molar-refractivity contribution in [2.75, 3.05) is 6.61 Å². The van der Waals surface area contributed by atoms with Gasteiger partial charge in [-0.25, -0.2) is 5.43 Å². The van der Waals surface area contributed by atoms with Crippen molar-refractivity contribution in [2.45, 2.75) is 6.92 Å². The van der Waals surface area contributed by atoms with Gasteiger partial charge in [0.25, 0.3) is 5.91 Å². The minimum atomic E-state index is -0.994. The standard InChI is InChI=1S/C23H18N2O4/c1-14(21-22(27)17-10-4-5-11-18(17)23(21)28)24-25-20(26)13-29-19-12-6-8-15-7-2-3-9-16(15)19/h2-12,21H,13H2,1H3,(H,25,26)/b24-14-. The van der Waals surface area contributed by atoms with Gasteiger partial charge in [0, 0.05) is 16.5 Å². The molecule has 1 amide bonds. The van der Waals surface area contributed by atoms with Crippen LogP contribution in [0, 0.1) is 5.92 Å². The lowest BCUT2D eigenvalue weighted by atomic mass is 9.99. The Morgan fingerprint density at radius 3 is 2.28 bits per heavy atom. The third-order valence-electron chi connectivity index (χ3n) is 4.87. The summed E-state index contributed by atoms with van der Waals surface area (Å²) in [6, 6.07) is 20.0. The number of nitrogens with zero attached hydrogens (tertiary/aromatic N) is 1. The summed E-state index contributed by atoms with van der Waals surface area (Å²) in [5.74, 6) is -1.48. The van der Waals surface area contributed by atoms with Crippen molar-refractivity contribution in [3.63, 3.8) is 0 Å². The minimum Gasteiger partial charge on any atom is -0.483 e. The maximum absolute atomic E-state index is 12.5. The molecule has 1 aliphatic carbocycles. The van der Waals surface area contributed by atoms with Gasteiger partial charge in [0.1, 0.15) is 11.7 Å². The van der Waals surface area contributed by atoms with E-state index in [2.05, 4.69) is 10.5 Å². The van der Waals surface area contributed by atoms with Crippen LogP contribution in [0.1, 0.15) is 27.6 Å². The third kappa shape index (κ3) is 3.52. The zero-order chi connectivity index (χ0) is 20.4. The predicted molar refractivity (Wildman–Crippen MR) is 109 cm³/mol. The Bertz CT molecular complexity index is 1130. The molecule has 6 nitrogen and oxygen atoms in total. The van der Waals surface area contributed by atoms with E-state index >= 15 is 0 Å². The summed E-state index contributed by atoms with van der Waals surface area (Å²) in [6.07, 6.45) is 0. The fraction of sp³-hybridized carbons (Fsp3) is 0.130. The van der Waals surface area contributed by atoms with Gasteiger partial charge in [-0.2, -0.15) is 5.10 Å². The molecule has 0 unspecified atom stereocenters. The van der Waals surface area contributed by atoms with Gasteiger partial charge in [0.2, 0.25) is 0 Å².